The monoisotopic (exact) mass is 492 g/mol. The number of piperidine rings is 1. The first-order chi connectivity index (χ1) is 16.8. The fraction of sp³-hybridized carbons (Fsp3) is 0.321. The van der Waals surface area contributed by atoms with Crippen molar-refractivity contribution in [3.63, 3.8) is 0 Å². The number of likely N-dealkylation sites (tertiary alicyclic amines) is 1. The first-order valence-electron chi connectivity index (χ1n) is 11.9. The third-order valence-corrected chi connectivity index (χ3v) is 7.85. The number of hydrogen-bond donors (Lipinski definition) is 1. The van der Waals surface area contributed by atoms with Crippen molar-refractivity contribution in [1.82, 2.24) is 4.90 Å². The second-order valence-electron chi connectivity index (χ2n) is 9.20. The van der Waals surface area contributed by atoms with Gasteiger partial charge in [0.25, 0.3) is 15.9 Å². The molecule has 0 atom stereocenters. The van der Waals surface area contributed by atoms with Crippen LogP contribution in [0.3, 0.4) is 0 Å². The van der Waals surface area contributed by atoms with E-state index in [2.05, 4.69) is 29.0 Å². The molecule has 0 radical (unpaired) electrons. The molecule has 1 amide bonds. The molecule has 3 aromatic carbocycles. The molecule has 35 heavy (non-hydrogen) atoms. The van der Waals surface area contributed by atoms with Crippen molar-refractivity contribution >= 4 is 21.6 Å². The van der Waals surface area contributed by atoms with E-state index in [-0.39, 0.29) is 17.4 Å². The smallest absolute Gasteiger partial charge is 0.261 e. The van der Waals surface area contributed by atoms with Gasteiger partial charge in [0, 0.05) is 13.1 Å². The molecule has 4 rings (SSSR count). The average molecular weight is 493 g/mol. The Bertz CT molecular complexity index is 1250. The quantitative estimate of drug-likeness (QED) is 0.482. The van der Waals surface area contributed by atoms with E-state index in [0.717, 1.165) is 43.5 Å². The van der Waals surface area contributed by atoms with E-state index in [1.54, 1.807) is 18.2 Å². The summed E-state index contributed by atoms with van der Waals surface area (Å²) in [6.07, 6.45) is 3.02. The number of amides is 1. The van der Waals surface area contributed by atoms with E-state index >= 15 is 0 Å². The van der Waals surface area contributed by atoms with E-state index < -0.39 is 10.0 Å². The Morgan fingerprint density at radius 3 is 2.34 bits per heavy atom. The molecular formula is C28H32N2O4S. The zero-order valence-corrected chi connectivity index (χ0v) is 21.1. The summed E-state index contributed by atoms with van der Waals surface area (Å²) < 4.78 is 33.9. The summed E-state index contributed by atoms with van der Waals surface area (Å²) in [5.41, 5.74) is 3.72. The van der Waals surface area contributed by atoms with Crippen LogP contribution in [0.2, 0.25) is 0 Å². The van der Waals surface area contributed by atoms with Crippen LogP contribution in [0.1, 0.15) is 29.5 Å². The number of nitrogens with one attached hydrogen (secondary N) is 1. The maximum Gasteiger partial charge on any atom is 0.261 e. The van der Waals surface area contributed by atoms with Crippen LogP contribution in [-0.4, -0.2) is 38.9 Å². The molecule has 6 nitrogen and oxygen atoms in total. The molecule has 0 saturated carbocycles. The van der Waals surface area contributed by atoms with Crippen molar-refractivity contribution in [2.45, 2.75) is 38.0 Å². The lowest BCUT2D eigenvalue weighted by molar-refractivity contribution is -0.134. The number of anilines is 1. The van der Waals surface area contributed by atoms with Crippen molar-refractivity contribution in [3.05, 3.63) is 89.5 Å². The van der Waals surface area contributed by atoms with Gasteiger partial charge in [-0.05, 0) is 86.1 Å². The van der Waals surface area contributed by atoms with Gasteiger partial charge in [-0.3, -0.25) is 9.52 Å². The molecule has 184 valence electrons. The minimum atomic E-state index is -3.73. The lowest BCUT2D eigenvalue weighted by Gasteiger charge is -2.32. The molecule has 1 fully saturated rings. The fourth-order valence-corrected chi connectivity index (χ4v) is 5.46. The van der Waals surface area contributed by atoms with Gasteiger partial charge >= 0.3 is 0 Å². The highest BCUT2D eigenvalue weighted by Crippen LogP contribution is 2.24. The Labute approximate surface area is 208 Å². The van der Waals surface area contributed by atoms with Crippen LogP contribution in [0.5, 0.6) is 5.75 Å². The van der Waals surface area contributed by atoms with E-state index in [9.17, 15) is 13.2 Å². The largest absolute Gasteiger partial charge is 0.484 e. The van der Waals surface area contributed by atoms with Gasteiger partial charge in [-0.1, -0.05) is 42.5 Å². The highest BCUT2D eigenvalue weighted by Gasteiger charge is 2.23. The van der Waals surface area contributed by atoms with E-state index in [1.807, 2.05) is 36.9 Å². The molecule has 3 aromatic rings. The Morgan fingerprint density at radius 2 is 1.66 bits per heavy atom. The number of rotatable bonds is 8. The molecule has 0 bridgehead atoms. The molecule has 0 spiro atoms. The Hall–Kier alpha value is -3.32. The number of nitrogens with zero attached hydrogens (tertiary/aromatic N) is 1. The zero-order chi connectivity index (χ0) is 24.8. The first-order valence-corrected chi connectivity index (χ1v) is 13.4. The number of hydrogen-bond acceptors (Lipinski definition) is 4. The van der Waals surface area contributed by atoms with Crippen molar-refractivity contribution in [2.24, 2.45) is 5.92 Å². The Kier molecular flexibility index (Phi) is 7.76. The number of carbonyl (C=O) groups excluding carboxylic acids is 1. The topological polar surface area (TPSA) is 75.7 Å². The first kappa shape index (κ1) is 24.8. The third-order valence-electron chi connectivity index (χ3n) is 6.47. The maximum atomic E-state index is 12.8. The number of carbonyl (C=O) groups is 1. The van der Waals surface area contributed by atoms with Gasteiger partial charge in [0.2, 0.25) is 0 Å². The molecule has 1 aliphatic heterocycles. The van der Waals surface area contributed by atoms with Gasteiger partial charge in [-0.15, -0.1) is 0 Å². The summed E-state index contributed by atoms with van der Waals surface area (Å²) in [5, 5.41) is 0. The molecule has 7 heteroatoms. The van der Waals surface area contributed by atoms with Gasteiger partial charge in [0.15, 0.2) is 6.61 Å². The van der Waals surface area contributed by atoms with E-state index in [0.29, 0.717) is 17.4 Å². The molecule has 0 aromatic heterocycles. The summed E-state index contributed by atoms with van der Waals surface area (Å²) in [4.78, 5) is 14.6. The second-order valence-corrected chi connectivity index (χ2v) is 10.9. The molecule has 1 saturated heterocycles. The normalized spacial score (nSPS) is 14.5. The summed E-state index contributed by atoms with van der Waals surface area (Å²) >= 11 is 0. The summed E-state index contributed by atoms with van der Waals surface area (Å²) in [6.45, 7) is 5.19. The molecule has 0 unspecified atom stereocenters. The molecule has 0 aliphatic carbocycles. The lowest BCUT2D eigenvalue weighted by Crippen LogP contribution is -2.41. The van der Waals surface area contributed by atoms with Gasteiger partial charge in [0.05, 0.1) is 10.6 Å². The van der Waals surface area contributed by atoms with E-state index in [4.69, 9.17) is 4.74 Å². The highest BCUT2D eigenvalue weighted by molar-refractivity contribution is 7.92. The van der Waals surface area contributed by atoms with Crippen LogP contribution in [0.4, 0.5) is 5.69 Å². The highest BCUT2D eigenvalue weighted by atomic mass is 32.2. The SMILES string of the molecule is Cc1ccc(C)c(NS(=O)(=O)c2ccc(OCC(=O)N3CCC(Cc4ccccc4)CC3)cc2)c1. The van der Waals surface area contributed by atoms with E-state index in [1.165, 1.54) is 17.7 Å². The predicted octanol–water partition coefficient (Wildman–Crippen LogP) is 4.96. The van der Waals surface area contributed by atoms with Gasteiger partial charge < -0.3 is 9.64 Å². The van der Waals surface area contributed by atoms with Crippen LogP contribution >= 0.6 is 0 Å². The predicted molar refractivity (Wildman–Crippen MR) is 138 cm³/mol. The molecule has 1 aliphatic rings. The molecule has 1 N–H and O–H groups in total. The minimum absolute atomic E-state index is 0.0450. The van der Waals surface area contributed by atoms with Crippen molar-refractivity contribution in [1.29, 1.82) is 0 Å². The average Bonchev–Trinajstić information content (AvgIpc) is 2.86. The summed E-state index contributed by atoms with van der Waals surface area (Å²) in [5.74, 6) is 1.01. The number of ether oxygens (including phenoxy) is 1. The number of benzene rings is 3. The maximum absolute atomic E-state index is 12.8. The number of sulfonamides is 1. The molecule has 1 heterocycles. The van der Waals surface area contributed by atoms with Crippen LogP contribution in [-0.2, 0) is 21.2 Å². The fourth-order valence-electron chi connectivity index (χ4n) is 4.33. The number of aryl methyl sites for hydroxylation is 2. The summed E-state index contributed by atoms with van der Waals surface area (Å²) in [6, 6.07) is 22.2. The van der Waals surface area contributed by atoms with Crippen molar-refractivity contribution in [2.75, 3.05) is 24.4 Å². The molecular weight excluding hydrogens is 460 g/mol. The standard InChI is InChI=1S/C28H32N2O4S/c1-21-8-9-22(2)27(18-21)29-35(32,33)26-12-10-25(11-13-26)34-20-28(31)30-16-14-24(15-17-30)19-23-6-4-3-5-7-23/h3-13,18,24,29H,14-17,19-20H2,1-2H3. The van der Waals surface area contributed by atoms with Gasteiger partial charge in [-0.25, -0.2) is 8.42 Å². The van der Waals surface area contributed by atoms with Crippen molar-refractivity contribution in [3.8, 4) is 5.75 Å². The third kappa shape index (κ3) is 6.63. The Morgan fingerprint density at radius 1 is 0.971 bits per heavy atom. The van der Waals surface area contributed by atoms with Gasteiger partial charge in [0.1, 0.15) is 5.75 Å². The van der Waals surface area contributed by atoms with Gasteiger partial charge in [-0.2, -0.15) is 0 Å². The van der Waals surface area contributed by atoms with Crippen LogP contribution < -0.4 is 9.46 Å². The van der Waals surface area contributed by atoms with Crippen LogP contribution in [0.25, 0.3) is 0 Å². The minimum Gasteiger partial charge on any atom is -0.484 e. The Balaban J connectivity index is 1.26. The summed E-state index contributed by atoms with van der Waals surface area (Å²) in [7, 11) is -3.73. The van der Waals surface area contributed by atoms with Crippen molar-refractivity contribution < 1.29 is 17.9 Å². The zero-order valence-electron chi connectivity index (χ0n) is 20.2. The lowest BCUT2D eigenvalue weighted by atomic mass is 9.90. The van der Waals surface area contributed by atoms with Crippen LogP contribution in [0.15, 0.2) is 77.7 Å². The second kappa shape index (κ2) is 11.0. The van der Waals surface area contributed by atoms with Crippen LogP contribution in [0, 0.1) is 19.8 Å².